The summed E-state index contributed by atoms with van der Waals surface area (Å²) in [5.74, 6) is -0.165. The highest BCUT2D eigenvalue weighted by Crippen LogP contribution is 2.23. The molecule has 0 saturated carbocycles. The Labute approximate surface area is 136 Å². The highest BCUT2D eigenvalue weighted by atomic mass is 79.9. The maximum absolute atomic E-state index is 12.2. The van der Waals surface area contributed by atoms with E-state index in [9.17, 15) is 4.79 Å². The Kier molecular flexibility index (Phi) is 5.52. The van der Waals surface area contributed by atoms with E-state index in [1.165, 1.54) is 0 Å². The third kappa shape index (κ3) is 3.78. The van der Waals surface area contributed by atoms with Gasteiger partial charge in [0.2, 0.25) is 0 Å². The monoisotopic (exact) mass is 369 g/mol. The van der Waals surface area contributed by atoms with Crippen LogP contribution in [-0.2, 0) is 6.54 Å². The molecule has 0 atom stereocenters. The minimum Gasteiger partial charge on any atom is -0.348 e. The Bertz CT molecular complexity index is 633. The van der Waals surface area contributed by atoms with Gasteiger partial charge in [0, 0.05) is 15.9 Å². The molecule has 104 valence electrons. The maximum atomic E-state index is 12.2. The standard InChI is InChI=1S/C15H13BrClNOS/c1-20-11-6-7-14(17)12(8-11)15(19)18-9-10-4-2-3-5-13(10)16/h2-8H,9H2,1H3,(H,18,19). The second kappa shape index (κ2) is 7.16. The van der Waals surface area contributed by atoms with Gasteiger partial charge in [-0.25, -0.2) is 0 Å². The molecule has 0 aromatic heterocycles. The molecule has 1 N–H and O–H groups in total. The molecule has 0 spiro atoms. The molecule has 5 heteroatoms. The first-order valence-electron chi connectivity index (χ1n) is 5.97. The third-order valence-electron chi connectivity index (χ3n) is 2.82. The highest BCUT2D eigenvalue weighted by molar-refractivity contribution is 9.10. The first-order chi connectivity index (χ1) is 9.61. The molecular weight excluding hydrogens is 358 g/mol. The van der Waals surface area contributed by atoms with Crippen molar-refractivity contribution in [3.63, 3.8) is 0 Å². The minimum absolute atomic E-state index is 0.165. The lowest BCUT2D eigenvalue weighted by Gasteiger charge is -2.09. The van der Waals surface area contributed by atoms with Crippen LogP contribution in [0, 0.1) is 0 Å². The summed E-state index contributed by atoms with van der Waals surface area (Å²) in [6, 6.07) is 13.2. The second-order valence-electron chi connectivity index (χ2n) is 4.12. The van der Waals surface area contributed by atoms with Crippen molar-refractivity contribution in [1.29, 1.82) is 0 Å². The smallest absolute Gasteiger partial charge is 0.253 e. The van der Waals surface area contributed by atoms with Crippen LogP contribution in [0.15, 0.2) is 51.8 Å². The van der Waals surface area contributed by atoms with Crippen molar-refractivity contribution in [2.75, 3.05) is 6.26 Å². The summed E-state index contributed by atoms with van der Waals surface area (Å²) in [7, 11) is 0. The number of carbonyl (C=O) groups is 1. The van der Waals surface area contributed by atoms with Crippen molar-refractivity contribution in [3.8, 4) is 0 Å². The molecule has 0 aliphatic rings. The summed E-state index contributed by atoms with van der Waals surface area (Å²) < 4.78 is 0.976. The summed E-state index contributed by atoms with van der Waals surface area (Å²) in [6.07, 6.45) is 1.96. The largest absolute Gasteiger partial charge is 0.348 e. The number of thioether (sulfide) groups is 1. The van der Waals surface area contributed by atoms with E-state index >= 15 is 0 Å². The fraction of sp³-hybridized carbons (Fsp3) is 0.133. The Hall–Kier alpha value is -0.970. The highest BCUT2D eigenvalue weighted by Gasteiger charge is 2.11. The number of hydrogen-bond donors (Lipinski definition) is 1. The van der Waals surface area contributed by atoms with Crippen molar-refractivity contribution < 1.29 is 4.79 Å². The van der Waals surface area contributed by atoms with Gasteiger partial charge >= 0.3 is 0 Å². The Morgan fingerprint density at radius 3 is 2.75 bits per heavy atom. The van der Waals surface area contributed by atoms with Crippen LogP contribution in [0.5, 0.6) is 0 Å². The summed E-state index contributed by atoms with van der Waals surface area (Å²) in [5, 5.41) is 3.35. The van der Waals surface area contributed by atoms with Gasteiger partial charge < -0.3 is 5.32 Å². The first-order valence-corrected chi connectivity index (χ1v) is 8.36. The van der Waals surface area contributed by atoms with Crippen LogP contribution in [0.25, 0.3) is 0 Å². The molecule has 2 rings (SSSR count). The molecule has 2 nitrogen and oxygen atoms in total. The molecule has 20 heavy (non-hydrogen) atoms. The predicted octanol–water partition coefficient (Wildman–Crippen LogP) is 4.75. The van der Waals surface area contributed by atoms with Gasteiger partial charge in [0.15, 0.2) is 0 Å². The molecule has 2 aromatic carbocycles. The van der Waals surface area contributed by atoms with Crippen molar-refractivity contribution in [1.82, 2.24) is 5.32 Å². The molecule has 0 aliphatic heterocycles. The molecule has 1 amide bonds. The lowest BCUT2D eigenvalue weighted by atomic mass is 10.2. The average Bonchev–Trinajstić information content (AvgIpc) is 2.46. The summed E-state index contributed by atoms with van der Waals surface area (Å²) in [5.41, 5.74) is 1.53. The molecule has 0 saturated heterocycles. The molecule has 0 unspecified atom stereocenters. The van der Waals surface area contributed by atoms with E-state index < -0.39 is 0 Å². The third-order valence-corrected chi connectivity index (χ3v) is 4.64. The number of amides is 1. The van der Waals surface area contributed by atoms with Crippen LogP contribution in [0.3, 0.4) is 0 Å². The summed E-state index contributed by atoms with van der Waals surface area (Å²) in [6.45, 7) is 0.458. The van der Waals surface area contributed by atoms with E-state index in [2.05, 4.69) is 21.2 Å². The number of benzene rings is 2. The van der Waals surface area contributed by atoms with Crippen LogP contribution in [0.1, 0.15) is 15.9 Å². The van der Waals surface area contributed by atoms with Crippen LogP contribution >= 0.6 is 39.3 Å². The Morgan fingerprint density at radius 2 is 2.05 bits per heavy atom. The number of hydrogen-bond acceptors (Lipinski definition) is 2. The van der Waals surface area contributed by atoms with Crippen molar-refractivity contribution in [2.45, 2.75) is 11.4 Å². The first kappa shape index (κ1) is 15.4. The van der Waals surface area contributed by atoms with E-state index in [0.717, 1.165) is 14.9 Å². The molecule has 2 aromatic rings. The van der Waals surface area contributed by atoms with E-state index in [-0.39, 0.29) is 5.91 Å². The molecular formula is C15H13BrClNOS. The lowest BCUT2D eigenvalue weighted by molar-refractivity contribution is 0.0951. The minimum atomic E-state index is -0.165. The zero-order valence-corrected chi connectivity index (χ0v) is 14.0. The molecule has 0 fully saturated rings. The Balaban J connectivity index is 2.11. The van der Waals surface area contributed by atoms with E-state index in [1.807, 2.05) is 42.7 Å². The van der Waals surface area contributed by atoms with Crippen molar-refractivity contribution in [3.05, 3.63) is 63.1 Å². The van der Waals surface area contributed by atoms with E-state index in [1.54, 1.807) is 17.8 Å². The van der Waals surface area contributed by atoms with E-state index in [4.69, 9.17) is 11.6 Å². The van der Waals surface area contributed by atoms with Gasteiger partial charge in [-0.15, -0.1) is 11.8 Å². The average molecular weight is 371 g/mol. The number of rotatable bonds is 4. The lowest BCUT2D eigenvalue weighted by Crippen LogP contribution is -2.23. The van der Waals surface area contributed by atoms with Gasteiger partial charge in [-0.2, -0.15) is 0 Å². The van der Waals surface area contributed by atoms with Gasteiger partial charge in [0.1, 0.15) is 0 Å². The predicted molar refractivity (Wildman–Crippen MR) is 88.5 cm³/mol. The van der Waals surface area contributed by atoms with E-state index in [0.29, 0.717) is 17.1 Å². The van der Waals surface area contributed by atoms with Gasteiger partial charge in [-0.1, -0.05) is 45.7 Å². The summed E-state index contributed by atoms with van der Waals surface area (Å²) in [4.78, 5) is 13.2. The molecule has 0 aliphatic carbocycles. The van der Waals surface area contributed by atoms with Crippen LogP contribution in [0.2, 0.25) is 5.02 Å². The molecule has 0 heterocycles. The summed E-state index contributed by atoms with van der Waals surface area (Å²) >= 11 is 11.1. The number of carbonyl (C=O) groups excluding carboxylic acids is 1. The van der Waals surface area contributed by atoms with Crippen LogP contribution in [0.4, 0.5) is 0 Å². The van der Waals surface area contributed by atoms with Gasteiger partial charge in [-0.05, 0) is 36.1 Å². The molecule has 0 bridgehead atoms. The topological polar surface area (TPSA) is 29.1 Å². The van der Waals surface area contributed by atoms with Gasteiger partial charge in [0.05, 0.1) is 10.6 Å². The SMILES string of the molecule is CSc1ccc(Cl)c(C(=O)NCc2ccccc2Br)c1. The normalized spacial score (nSPS) is 10.3. The quantitative estimate of drug-likeness (QED) is 0.787. The van der Waals surface area contributed by atoms with Crippen LogP contribution < -0.4 is 5.32 Å². The zero-order valence-electron chi connectivity index (χ0n) is 10.8. The van der Waals surface area contributed by atoms with Gasteiger partial charge in [0.25, 0.3) is 5.91 Å². The number of nitrogens with one attached hydrogen (secondary N) is 1. The van der Waals surface area contributed by atoms with Crippen molar-refractivity contribution >= 4 is 45.2 Å². The molecule has 0 radical (unpaired) electrons. The van der Waals surface area contributed by atoms with Gasteiger partial charge in [-0.3, -0.25) is 4.79 Å². The zero-order chi connectivity index (χ0) is 14.5. The fourth-order valence-corrected chi connectivity index (χ4v) is 2.79. The fourth-order valence-electron chi connectivity index (χ4n) is 1.72. The Morgan fingerprint density at radius 1 is 1.30 bits per heavy atom. The second-order valence-corrected chi connectivity index (χ2v) is 6.26. The number of halogens is 2. The maximum Gasteiger partial charge on any atom is 0.253 e. The van der Waals surface area contributed by atoms with Crippen LogP contribution in [-0.4, -0.2) is 12.2 Å². The van der Waals surface area contributed by atoms with Crippen molar-refractivity contribution in [2.24, 2.45) is 0 Å².